The third-order valence-corrected chi connectivity index (χ3v) is 2.50. The van der Waals surface area contributed by atoms with E-state index in [4.69, 9.17) is 10.00 Å². The van der Waals surface area contributed by atoms with Crippen LogP contribution in [0.1, 0.15) is 11.4 Å². The van der Waals surface area contributed by atoms with E-state index in [1.54, 1.807) is 30.5 Å². The Labute approximate surface area is 100 Å². The highest BCUT2D eigenvalue weighted by atomic mass is 16.5. The summed E-state index contributed by atoms with van der Waals surface area (Å²) in [5.41, 5.74) is 0.640. The van der Waals surface area contributed by atoms with E-state index in [0.717, 1.165) is 18.0 Å². The van der Waals surface area contributed by atoms with Gasteiger partial charge in [0.25, 0.3) is 0 Å². The second-order valence-corrected chi connectivity index (χ2v) is 3.69. The number of aromatic nitrogens is 2. The Kier molecular flexibility index (Phi) is 3.41. The van der Waals surface area contributed by atoms with Crippen LogP contribution in [0.3, 0.4) is 0 Å². The fourth-order valence-electron chi connectivity index (χ4n) is 1.52. The molecule has 1 heterocycles. The quantitative estimate of drug-likeness (QED) is 0.801. The van der Waals surface area contributed by atoms with Crippen LogP contribution in [0.4, 0.5) is 0 Å². The van der Waals surface area contributed by atoms with E-state index in [1.165, 1.54) is 0 Å². The van der Waals surface area contributed by atoms with Crippen molar-refractivity contribution >= 4 is 0 Å². The maximum atomic E-state index is 8.66. The SMILES string of the molecule is Cn1ccnc1CCOc1ccc(C#N)cc1. The summed E-state index contributed by atoms with van der Waals surface area (Å²) in [5.74, 6) is 1.77. The zero-order valence-electron chi connectivity index (χ0n) is 9.63. The van der Waals surface area contributed by atoms with Crippen molar-refractivity contribution in [2.24, 2.45) is 7.05 Å². The number of aryl methyl sites for hydroxylation is 1. The second kappa shape index (κ2) is 5.17. The molecule has 0 saturated carbocycles. The molecule has 0 aliphatic carbocycles. The lowest BCUT2D eigenvalue weighted by Crippen LogP contribution is -2.06. The maximum absolute atomic E-state index is 8.66. The molecule has 4 heteroatoms. The van der Waals surface area contributed by atoms with Crippen LogP contribution < -0.4 is 4.74 Å². The molecular weight excluding hydrogens is 214 g/mol. The van der Waals surface area contributed by atoms with E-state index in [2.05, 4.69) is 11.1 Å². The standard InChI is InChI=1S/C13H13N3O/c1-16-8-7-15-13(16)6-9-17-12-4-2-11(10-14)3-5-12/h2-5,7-8H,6,9H2,1H3. The van der Waals surface area contributed by atoms with Crippen molar-refractivity contribution in [2.75, 3.05) is 6.61 Å². The summed E-state index contributed by atoms with van der Waals surface area (Å²) in [7, 11) is 1.96. The molecule has 0 aliphatic rings. The van der Waals surface area contributed by atoms with Gasteiger partial charge in [-0.2, -0.15) is 5.26 Å². The molecule has 0 atom stereocenters. The van der Waals surface area contributed by atoms with Crippen LogP contribution in [-0.2, 0) is 13.5 Å². The van der Waals surface area contributed by atoms with E-state index in [1.807, 2.05) is 17.8 Å². The monoisotopic (exact) mass is 227 g/mol. The fraction of sp³-hybridized carbons (Fsp3) is 0.231. The maximum Gasteiger partial charge on any atom is 0.119 e. The number of nitrogens with zero attached hydrogens (tertiary/aromatic N) is 3. The molecule has 86 valence electrons. The Balaban J connectivity index is 1.86. The van der Waals surface area contributed by atoms with Crippen LogP contribution in [-0.4, -0.2) is 16.2 Å². The molecule has 1 aromatic carbocycles. The van der Waals surface area contributed by atoms with Crippen molar-refractivity contribution in [2.45, 2.75) is 6.42 Å². The van der Waals surface area contributed by atoms with Crippen molar-refractivity contribution in [3.63, 3.8) is 0 Å². The second-order valence-electron chi connectivity index (χ2n) is 3.69. The minimum absolute atomic E-state index is 0.580. The van der Waals surface area contributed by atoms with Crippen LogP contribution in [0.15, 0.2) is 36.7 Å². The van der Waals surface area contributed by atoms with Crippen molar-refractivity contribution < 1.29 is 4.74 Å². The predicted octanol–water partition coefficient (Wildman–Crippen LogP) is 1.91. The van der Waals surface area contributed by atoms with Gasteiger partial charge < -0.3 is 9.30 Å². The topological polar surface area (TPSA) is 50.8 Å². The number of benzene rings is 1. The van der Waals surface area contributed by atoms with Crippen LogP contribution in [0, 0.1) is 11.3 Å². The molecule has 0 radical (unpaired) electrons. The minimum atomic E-state index is 0.580. The number of imidazole rings is 1. The highest BCUT2D eigenvalue weighted by Gasteiger charge is 2.00. The Morgan fingerprint density at radius 1 is 1.35 bits per heavy atom. The van der Waals surface area contributed by atoms with Crippen molar-refractivity contribution in [1.29, 1.82) is 5.26 Å². The minimum Gasteiger partial charge on any atom is -0.493 e. The van der Waals surface area contributed by atoms with Crippen molar-refractivity contribution in [3.8, 4) is 11.8 Å². The number of ether oxygens (including phenoxy) is 1. The molecule has 17 heavy (non-hydrogen) atoms. The lowest BCUT2D eigenvalue weighted by Gasteiger charge is -2.06. The summed E-state index contributed by atoms with van der Waals surface area (Å²) >= 11 is 0. The molecular formula is C13H13N3O. The first-order valence-electron chi connectivity index (χ1n) is 5.39. The first kappa shape index (κ1) is 11.2. The Morgan fingerprint density at radius 2 is 2.12 bits per heavy atom. The zero-order valence-corrected chi connectivity index (χ0v) is 9.63. The molecule has 0 unspecified atom stereocenters. The zero-order chi connectivity index (χ0) is 12.1. The number of hydrogen-bond acceptors (Lipinski definition) is 3. The fourth-order valence-corrected chi connectivity index (χ4v) is 1.52. The number of nitriles is 1. The van der Waals surface area contributed by atoms with Gasteiger partial charge in [0.2, 0.25) is 0 Å². The van der Waals surface area contributed by atoms with Gasteiger partial charge in [0.1, 0.15) is 11.6 Å². The number of hydrogen-bond donors (Lipinski definition) is 0. The molecule has 1 aromatic heterocycles. The molecule has 0 amide bonds. The van der Waals surface area contributed by atoms with Gasteiger partial charge in [0, 0.05) is 25.9 Å². The van der Waals surface area contributed by atoms with Gasteiger partial charge in [0.15, 0.2) is 0 Å². The van der Waals surface area contributed by atoms with Crippen LogP contribution in [0.5, 0.6) is 5.75 Å². The number of rotatable bonds is 4. The normalized spacial score (nSPS) is 9.88. The molecule has 0 bridgehead atoms. The van der Waals surface area contributed by atoms with Gasteiger partial charge in [-0.15, -0.1) is 0 Å². The summed E-state index contributed by atoms with van der Waals surface area (Å²) in [6.45, 7) is 0.580. The van der Waals surface area contributed by atoms with Crippen LogP contribution in [0.2, 0.25) is 0 Å². The average molecular weight is 227 g/mol. The van der Waals surface area contributed by atoms with E-state index in [0.29, 0.717) is 12.2 Å². The Morgan fingerprint density at radius 3 is 2.71 bits per heavy atom. The lowest BCUT2D eigenvalue weighted by molar-refractivity contribution is 0.317. The molecule has 0 saturated heterocycles. The van der Waals surface area contributed by atoms with Gasteiger partial charge in [-0.05, 0) is 24.3 Å². The molecule has 0 spiro atoms. The van der Waals surface area contributed by atoms with Crippen molar-refractivity contribution in [3.05, 3.63) is 48.0 Å². The van der Waals surface area contributed by atoms with E-state index in [-0.39, 0.29) is 0 Å². The third kappa shape index (κ3) is 2.85. The van der Waals surface area contributed by atoms with Gasteiger partial charge >= 0.3 is 0 Å². The summed E-state index contributed by atoms with van der Waals surface area (Å²) in [5, 5.41) is 8.66. The van der Waals surface area contributed by atoms with Crippen LogP contribution in [0.25, 0.3) is 0 Å². The molecule has 0 N–H and O–H groups in total. The summed E-state index contributed by atoms with van der Waals surface area (Å²) < 4.78 is 7.55. The summed E-state index contributed by atoms with van der Waals surface area (Å²) in [6.07, 6.45) is 4.46. The largest absolute Gasteiger partial charge is 0.493 e. The molecule has 2 rings (SSSR count). The molecule has 2 aromatic rings. The highest BCUT2D eigenvalue weighted by molar-refractivity contribution is 5.34. The van der Waals surface area contributed by atoms with Gasteiger partial charge in [-0.25, -0.2) is 4.98 Å². The van der Waals surface area contributed by atoms with Crippen molar-refractivity contribution in [1.82, 2.24) is 9.55 Å². The lowest BCUT2D eigenvalue weighted by atomic mass is 10.2. The smallest absolute Gasteiger partial charge is 0.119 e. The summed E-state index contributed by atoms with van der Waals surface area (Å²) in [4.78, 5) is 4.21. The van der Waals surface area contributed by atoms with E-state index >= 15 is 0 Å². The van der Waals surface area contributed by atoms with E-state index < -0.39 is 0 Å². The molecule has 4 nitrogen and oxygen atoms in total. The van der Waals surface area contributed by atoms with Gasteiger partial charge in [-0.1, -0.05) is 0 Å². The predicted molar refractivity (Wildman–Crippen MR) is 63.6 cm³/mol. The molecule has 0 aliphatic heterocycles. The van der Waals surface area contributed by atoms with Crippen LogP contribution >= 0.6 is 0 Å². The first-order valence-corrected chi connectivity index (χ1v) is 5.39. The first-order chi connectivity index (χ1) is 8.29. The Bertz CT molecular complexity index is 522. The van der Waals surface area contributed by atoms with Gasteiger partial charge in [-0.3, -0.25) is 0 Å². The Hall–Kier alpha value is -2.28. The third-order valence-electron chi connectivity index (χ3n) is 2.50. The summed E-state index contributed by atoms with van der Waals surface area (Å²) in [6, 6.07) is 9.17. The van der Waals surface area contributed by atoms with Gasteiger partial charge in [0.05, 0.1) is 18.2 Å². The molecule has 0 fully saturated rings. The average Bonchev–Trinajstić information content (AvgIpc) is 2.76. The van der Waals surface area contributed by atoms with E-state index in [9.17, 15) is 0 Å². The highest BCUT2D eigenvalue weighted by Crippen LogP contribution is 2.11.